The van der Waals surface area contributed by atoms with Gasteiger partial charge in [0.15, 0.2) is 0 Å². The molecule has 12 heavy (non-hydrogen) atoms. The van der Waals surface area contributed by atoms with Crippen LogP contribution in [0.4, 0.5) is 0 Å². The molecule has 0 bridgehead atoms. The first-order chi connectivity index (χ1) is 5.79. The van der Waals surface area contributed by atoms with Crippen LogP contribution in [0.5, 0.6) is 0 Å². The summed E-state index contributed by atoms with van der Waals surface area (Å²) in [5.41, 5.74) is 0. The molecule has 2 heterocycles. The minimum absolute atomic E-state index is 0.237. The number of hydrogen-bond acceptors (Lipinski definition) is 4. The van der Waals surface area contributed by atoms with Crippen LogP contribution in [-0.4, -0.2) is 40.4 Å². The number of fused-ring (bicyclic) bond motifs is 1. The van der Waals surface area contributed by atoms with Gasteiger partial charge in [0.25, 0.3) is 0 Å². The summed E-state index contributed by atoms with van der Waals surface area (Å²) in [5.74, 6) is 0.992. The lowest BCUT2D eigenvalue weighted by molar-refractivity contribution is -0.00382. The van der Waals surface area contributed by atoms with E-state index in [0.717, 1.165) is 5.82 Å². The molecular weight excluding hydrogens is 156 g/mol. The molecule has 0 N–H and O–H groups in total. The monoisotopic (exact) mass is 168 g/mol. The third kappa shape index (κ3) is 1.11. The van der Waals surface area contributed by atoms with E-state index < -0.39 is 0 Å². The van der Waals surface area contributed by atoms with E-state index in [4.69, 9.17) is 4.74 Å². The van der Waals surface area contributed by atoms with Gasteiger partial charge in [0, 0.05) is 0 Å². The van der Waals surface area contributed by atoms with Crippen LogP contribution < -0.4 is 0 Å². The maximum Gasteiger partial charge on any atom is 0.149 e. The number of likely N-dealkylation sites (N-methyl/N-ethyl adjacent to an activating group) is 1. The summed E-state index contributed by atoms with van der Waals surface area (Å²) in [5, 5.41) is 4.04. The Bertz CT molecular complexity index is 270. The Morgan fingerprint density at radius 3 is 3.25 bits per heavy atom. The number of aromatic nitrogens is 3. The largest absolute Gasteiger partial charge is 0.357 e. The van der Waals surface area contributed by atoms with E-state index >= 15 is 0 Å². The molecule has 1 aliphatic heterocycles. The van der Waals surface area contributed by atoms with Crippen molar-refractivity contribution in [3.8, 4) is 0 Å². The molecule has 1 atom stereocenters. The van der Waals surface area contributed by atoms with E-state index in [9.17, 15) is 0 Å². The van der Waals surface area contributed by atoms with E-state index in [2.05, 4.69) is 15.0 Å². The molecule has 0 saturated heterocycles. The zero-order valence-electron chi connectivity index (χ0n) is 7.27. The van der Waals surface area contributed by atoms with Crippen molar-refractivity contribution in [2.24, 2.45) is 0 Å². The van der Waals surface area contributed by atoms with E-state index in [1.807, 2.05) is 14.1 Å². The number of nitrogens with zero attached hydrogens (tertiary/aromatic N) is 4. The molecule has 0 aromatic carbocycles. The number of rotatable bonds is 1. The molecule has 1 aromatic rings. The molecule has 0 radical (unpaired) electrons. The molecule has 5 nitrogen and oxygen atoms in total. The smallest absolute Gasteiger partial charge is 0.149 e. The highest BCUT2D eigenvalue weighted by molar-refractivity contribution is 4.95. The zero-order chi connectivity index (χ0) is 8.55. The molecular formula is C7H12N4O. The fourth-order valence-corrected chi connectivity index (χ4v) is 1.34. The van der Waals surface area contributed by atoms with Crippen molar-refractivity contribution in [3.63, 3.8) is 0 Å². The molecule has 0 saturated carbocycles. The van der Waals surface area contributed by atoms with Crippen LogP contribution in [0, 0.1) is 0 Å². The van der Waals surface area contributed by atoms with E-state index in [0.29, 0.717) is 13.3 Å². The van der Waals surface area contributed by atoms with Crippen molar-refractivity contribution >= 4 is 0 Å². The van der Waals surface area contributed by atoms with E-state index in [1.54, 1.807) is 11.0 Å². The van der Waals surface area contributed by atoms with Crippen LogP contribution in [0.3, 0.4) is 0 Å². The normalized spacial score (nSPS) is 22.8. The van der Waals surface area contributed by atoms with Gasteiger partial charge in [0.05, 0.1) is 12.6 Å². The lowest BCUT2D eigenvalue weighted by Gasteiger charge is -2.27. The minimum atomic E-state index is 0.237. The van der Waals surface area contributed by atoms with Crippen LogP contribution in [-0.2, 0) is 11.5 Å². The lowest BCUT2D eigenvalue weighted by atomic mass is 10.2. The van der Waals surface area contributed by atoms with E-state index in [-0.39, 0.29) is 6.04 Å². The minimum Gasteiger partial charge on any atom is -0.357 e. The van der Waals surface area contributed by atoms with Gasteiger partial charge in [-0.05, 0) is 14.1 Å². The summed E-state index contributed by atoms with van der Waals surface area (Å²) >= 11 is 0. The molecule has 0 aliphatic carbocycles. The predicted molar refractivity (Wildman–Crippen MR) is 42.4 cm³/mol. The third-order valence-electron chi connectivity index (χ3n) is 2.06. The Morgan fingerprint density at radius 1 is 1.67 bits per heavy atom. The Hall–Kier alpha value is -0.940. The summed E-state index contributed by atoms with van der Waals surface area (Å²) in [6.45, 7) is 1.23. The number of hydrogen-bond donors (Lipinski definition) is 0. The van der Waals surface area contributed by atoms with Crippen LogP contribution in [0.25, 0.3) is 0 Å². The zero-order valence-corrected chi connectivity index (χ0v) is 7.27. The van der Waals surface area contributed by atoms with Gasteiger partial charge in [0.1, 0.15) is 18.9 Å². The average Bonchev–Trinajstić information content (AvgIpc) is 2.49. The van der Waals surface area contributed by atoms with Gasteiger partial charge in [-0.25, -0.2) is 9.67 Å². The molecule has 5 heteroatoms. The predicted octanol–water partition coefficient (Wildman–Crippen LogP) is -0.132. The molecule has 0 fully saturated rings. The maximum atomic E-state index is 5.35. The summed E-state index contributed by atoms with van der Waals surface area (Å²) in [7, 11) is 4.02. The van der Waals surface area contributed by atoms with Crippen molar-refractivity contribution in [2.75, 3.05) is 20.7 Å². The van der Waals surface area contributed by atoms with Crippen LogP contribution in [0.1, 0.15) is 11.9 Å². The van der Waals surface area contributed by atoms with Gasteiger partial charge in [-0.2, -0.15) is 5.10 Å². The van der Waals surface area contributed by atoms with Gasteiger partial charge in [-0.15, -0.1) is 0 Å². The quantitative estimate of drug-likeness (QED) is 0.586. The molecule has 1 aliphatic rings. The summed E-state index contributed by atoms with van der Waals surface area (Å²) < 4.78 is 7.13. The van der Waals surface area contributed by atoms with Crippen molar-refractivity contribution in [2.45, 2.75) is 12.8 Å². The topological polar surface area (TPSA) is 43.2 Å². The Labute approximate surface area is 71.0 Å². The van der Waals surface area contributed by atoms with Crippen molar-refractivity contribution in [1.82, 2.24) is 19.7 Å². The van der Waals surface area contributed by atoms with Crippen LogP contribution >= 0.6 is 0 Å². The van der Waals surface area contributed by atoms with Crippen molar-refractivity contribution < 1.29 is 4.74 Å². The van der Waals surface area contributed by atoms with Gasteiger partial charge < -0.3 is 4.74 Å². The molecule has 66 valence electrons. The average molecular weight is 168 g/mol. The van der Waals surface area contributed by atoms with Crippen LogP contribution in [0.2, 0.25) is 0 Å². The van der Waals surface area contributed by atoms with Crippen LogP contribution in [0.15, 0.2) is 6.33 Å². The van der Waals surface area contributed by atoms with Crippen molar-refractivity contribution in [3.05, 3.63) is 12.2 Å². The number of ether oxygens (including phenoxy) is 1. The Balaban J connectivity index is 2.31. The standard InChI is InChI=1S/C7H12N4O/c1-10(2)6-3-12-5-11-7(6)8-4-9-11/h4,6H,3,5H2,1-2H3. The van der Waals surface area contributed by atoms with Gasteiger partial charge in [0.2, 0.25) is 0 Å². The second kappa shape index (κ2) is 2.84. The molecule has 1 unspecified atom stereocenters. The first-order valence-electron chi connectivity index (χ1n) is 3.91. The first-order valence-corrected chi connectivity index (χ1v) is 3.91. The molecule has 1 aromatic heterocycles. The summed E-state index contributed by atoms with van der Waals surface area (Å²) in [6.07, 6.45) is 1.57. The highest BCUT2D eigenvalue weighted by Gasteiger charge is 2.24. The molecule has 0 amide bonds. The fourth-order valence-electron chi connectivity index (χ4n) is 1.34. The van der Waals surface area contributed by atoms with E-state index in [1.165, 1.54) is 0 Å². The Kier molecular flexibility index (Phi) is 1.82. The summed E-state index contributed by atoms with van der Waals surface area (Å²) in [6, 6.07) is 0.237. The molecule has 2 rings (SSSR count). The van der Waals surface area contributed by atoms with Gasteiger partial charge >= 0.3 is 0 Å². The second-order valence-corrected chi connectivity index (χ2v) is 3.10. The highest BCUT2D eigenvalue weighted by atomic mass is 16.5. The first kappa shape index (κ1) is 7.70. The van der Waals surface area contributed by atoms with Gasteiger partial charge in [-0.1, -0.05) is 0 Å². The SMILES string of the molecule is CN(C)C1COCn2ncnc21. The third-order valence-corrected chi connectivity index (χ3v) is 2.06. The maximum absolute atomic E-state index is 5.35. The Morgan fingerprint density at radius 2 is 2.50 bits per heavy atom. The molecule has 0 spiro atoms. The fraction of sp³-hybridized carbons (Fsp3) is 0.714. The summed E-state index contributed by atoms with van der Waals surface area (Å²) in [4.78, 5) is 6.27. The lowest BCUT2D eigenvalue weighted by Crippen LogP contribution is -2.32. The van der Waals surface area contributed by atoms with Gasteiger partial charge in [-0.3, -0.25) is 4.90 Å². The second-order valence-electron chi connectivity index (χ2n) is 3.10. The van der Waals surface area contributed by atoms with Crippen molar-refractivity contribution in [1.29, 1.82) is 0 Å². The highest BCUT2D eigenvalue weighted by Crippen LogP contribution is 2.19.